The van der Waals surface area contributed by atoms with Crippen LogP contribution in [0.4, 0.5) is 0 Å². The minimum Gasteiger partial charge on any atom is -0.488 e. The van der Waals surface area contributed by atoms with Gasteiger partial charge in [0.2, 0.25) is 0 Å². The smallest absolute Gasteiger partial charge is 0.323 e. The summed E-state index contributed by atoms with van der Waals surface area (Å²) in [6.45, 7) is 7.78. The Hall–Kier alpha value is -2.42. The SMILES string of the molecule is Cc1ccc(S(=O)(=O)OCCCC(NCC2Cc3ccccc3O2)C(=O)OC(C)(C)C)cc1. The van der Waals surface area contributed by atoms with Crippen LogP contribution in [0.1, 0.15) is 44.7 Å². The van der Waals surface area contributed by atoms with Crippen molar-refractivity contribution in [2.24, 2.45) is 0 Å². The number of aryl methyl sites for hydroxylation is 1. The van der Waals surface area contributed by atoms with Crippen molar-refractivity contribution < 1.29 is 26.9 Å². The molecule has 0 saturated carbocycles. The van der Waals surface area contributed by atoms with Gasteiger partial charge < -0.3 is 14.8 Å². The zero-order valence-electron chi connectivity index (χ0n) is 19.7. The van der Waals surface area contributed by atoms with Crippen LogP contribution < -0.4 is 10.1 Å². The zero-order valence-corrected chi connectivity index (χ0v) is 20.5. The van der Waals surface area contributed by atoms with Crippen molar-refractivity contribution in [3.8, 4) is 5.75 Å². The van der Waals surface area contributed by atoms with Gasteiger partial charge in [-0.05, 0) is 64.3 Å². The minimum absolute atomic E-state index is 0.0252. The highest BCUT2D eigenvalue weighted by Gasteiger charge is 2.28. The molecule has 1 aliphatic rings. The molecule has 0 fully saturated rings. The van der Waals surface area contributed by atoms with Crippen molar-refractivity contribution in [3.05, 3.63) is 59.7 Å². The number of hydrogen-bond acceptors (Lipinski definition) is 7. The number of ether oxygens (including phenoxy) is 2. The highest BCUT2D eigenvalue weighted by molar-refractivity contribution is 7.86. The van der Waals surface area contributed by atoms with Crippen molar-refractivity contribution in [2.75, 3.05) is 13.2 Å². The van der Waals surface area contributed by atoms with E-state index in [4.69, 9.17) is 13.7 Å². The highest BCUT2D eigenvalue weighted by Crippen LogP contribution is 2.28. The van der Waals surface area contributed by atoms with Gasteiger partial charge in [0.15, 0.2) is 0 Å². The fourth-order valence-corrected chi connectivity index (χ4v) is 4.49. The van der Waals surface area contributed by atoms with Crippen molar-refractivity contribution >= 4 is 16.1 Å². The van der Waals surface area contributed by atoms with Crippen LogP contribution in [0.2, 0.25) is 0 Å². The van der Waals surface area contributed by atoms with E-state index in [0.717, 1.165) is 23.3 Å². The van der Waals surface area contributed by atoms with Gasteiger partial charge in [0.05, 0.1) is 11.5 Å². The van der Waals surface area contributed by atoms with E-state index in [0.29, 0.717) is 19.4 Å². The molecule has 3 rings (SSSR count). The van der Waals surface area contributed by atoms with Crippen molar-refractivity contribution in [1.29, 1.82) is 0 Å². The number of hydrogen-bond donors (Lipinski definition) is 1. The average molecular weight is 476 g/mol. The van der Waals surface area contributed by atoms with E-state index in [1.165, 1.54) is 12.1 Å². The molecule has 1 heterocycles. The Bertz CT molecular complexity index is 1020. The molecule has 0 saturated heterocycles. The Morgan fingerprint density at radius 3 is 2.52 bits per heavy atom. The van der Waals surface area contributed by atoms with Gasteiger partial charge in [-0.3, -0.25) is 8.98 Å². The number of para-hydroxylation sites is 1. The molecular formula is C25H33NO6S. The summed E-state index contributed by atoms with van der Waals surface area (Å²) in [4.78, 5) is 12.9. The third kappa shape index (κ3) is 7.55. The summed E-state index contributed by atoms with van der Waals surface area (Å²) in [5.41, 5.74) is 1.49. The van der Waals surface area contributed by atoms with E-state index >= 15 is 0 Å². The van der Waals surface area contributed by atoms with Crippen LogP contribution in [0.25, 0.3) is 0 Å². The van der Waals surface area contributed by atoms with Gasteiger partial charge in [-0.1, -0.05) is 35.9 Å². The molecule has 2 unspecified atom stereocenters. The van der Waals surface area contributed by atoms with Crippen LogP contribution in [-0.4, -0.2) is 45.3 Å². The lowest BCUT2D eigenvalue weighted by Gasteiger charge is -2.25. The minimum atomic E-state index is -3.84. The maximum Gasteiger partial charge on any atom is 0.323 e. The van der Waals surface area contributed by atoms with Crippen LogP contribution in [0.5, 0.6) is 5.75 Å². The molecule has 0 amide bonds. The maximum atomic E-state index is 12.7. The average Bonchev–Trinajstić information content (AvgIpc) is 3.15. The summed E-state index contributed by atoms with van der Waals surface area (Å²) in [7, 11) is -3.84. The normalized spacial score (nSPS) is 16.7. The predicted octanol–water partition coefficient (Wildman–Crippen LogP) is 3.78. The molecule has 1 N–H and O–H groups in total. The van der Waals surface area contributed by atoms with Gasteiger partial charge in [-0.25, -0.2) is 0 Å². The molecule has 8 heteroatoms. The van der Waals surface area contributed by atoms with Gasteiger partial charge in [0.25, 0.3) is 10.1 Å². The van der Waals surface area contributed by atoms with E-state index in [1.807, 2.05) is 52.0 Å². The lowest BCUT2D eigenvalue weighted by molar-refractivity contribution is -0.157. The zero-order chi connectivity index (χ0) is 24.1. The first-order valence-electron chi connectivity index (χ1n) is 11.2. The number of fused-ring (bicyclic) bond motifs is 1. The molecule has 0 spiro atoms. The molecule has 2 aromatic carbocycles. The van der Waals surface area contributed by atoms with Crippen LogP contribution in [0.3, 0.4) is 0 Å². The van der Waals surface area contributed by atoms with Gasteiger partial charge >= 0.3 is 5.97 Å². The van der Waals surface area contributed by atoms with E-state index in [1.54, 1.807) is 12.1 Å². The summed E-state index contributed by atoms with van der Waals surface area (Å²) in [6.07, 6.45) is 1.43. The van der Waals surface area contributed by atoms with Crippen LogP contribution >= 0.6 is 0 Å². The molecule has 7 nitrogen and oxygen atoms in total. The lowest BCUT2D eigenvalue weighted by atomic mass is 10.1. The number of carbonyl (C=O) groups excluding carboxylic acids is 1. The Balaban J connectivity index is 1.53. The van der Waals surface area contributed by atoms with Crippen LogP contribution in [0, 0.1) is 6.92 Å². The second-order valence-corrected chi connectivity index (χ2v) is 10.9. The molecule has 0 aromatic heterocycles. The lowest BCUT2D eigenvalue weighted by Crippen LogP contribution is -2.45. The van der Waals surface area contributed by atoms with Crippen LogP contribution in [0.15, 0.2) is 53.4 Å². The molecule has 0 bridgehead atoms. The second kappa shape index (κ2) is 10.7. The number of rotatable bonds is 10. The van der Waals surface area contributed by atoms with Crippen molar-refractivity contribution in [2.45, 2.75) is 69.6 Å². The summed E-state index contributed by atoms with van der Waals surface area (Å²) in [5.74, 6) is 0.493. The number of esters is 1. The highest BCUT2D eigenvalue weighted by atomic mass is 32.2. The van der Waals surface area contributed by atoms with Gasteiger partial charge in [0, 0.05) is 13.0 Å². The van der Waals surface area contributed by atoms with E-state index in [9.17, 15) is 13.2 Å². The summed E-state index contributed by atoms with van der Waals surface area (Å²) < 4.78 is 41.4. The topological polar surface area (TPSA) is 90.9 Å². The molecule has 2 aromatic rings. The summed E-state index contributed by atoms with van der Waals surface area (Å²) >= 11 is 0. The van der Waals surface area contributed by atoms with Crippen LogP contribution in [-0.2, 0) is 30.3 Å². The van der Waals surface area contributed by atoms with Gasteiger partial charge in [-0.2, -0.15) is 8.42 Å². The monoisotopic (exact) mass is 475 g/mol. The molecule has 0 aliphatic carbocycles. The molecule has 2 atom stereocenters. The quantitative estimate of drug-likeness (QED) is 0.318. The fourth-order valence-electron chi connectivity index (χ4n) is 3.55. The summed E-state index contributed by atoms with van der Waals surface area (Å²) in [5, 5.41) is 3.25. The maximum absolute atomic E-state index is 12.7. The first-order chi connectivity index (χ1) is 15.5. The predicted molar refractivity (Wildman–Crippen MR) is 126 cm³/mol. The molecule has 33 heavy (non-hydrogen) atoms. The number of nitrogens with one attached hydrogen (secondary N) is 1. The Kier molecular flexibility index (Phi) is 8.15. The van der Waals surface area contributed by atoms with Gasteiger partial charge in [-0.15, -0.1) is 0 Å². The standard InChI is InChI=1S/C25H33NO6S/c1-18-11-13-21(14-12-18)33(28,29)30-15-7-9-22(24(27)32-25(2,3)4)26-17-20-16-19-8-5-6-10-23(19)31-20/h5-6,8,10-14,20,22,26H,7,9,15-17H2,1-4H3. The first kappa shape index (κ1) is 25.2. The van der Waals surface area contributed by atoms with Crippen molar-refractivity contribution in [3.63, 3.8) is 0 Å². The second-order valence-electron chi connectivity index (χ2n) is 9.28. The Morgan fingerprint density at radius 2 is 1.85 bits per heavy atom. The number of benzene rings is 2. The molecule has 1 aliphatic heterocycles. The third-order valence-corrected chi connectivity index (χ3v) is 6.51. The molecular weight excluding hydrogens is 442 g/mol. The van der Waals surface area contributed by atoms with E-state index in [-0.39, 0.29) is 23.6 Å². The molecule has 0 radical (unpaired) electrons. The first-order valence-corrected chi connectivity index (χ1v) is 12.6. The third-order valence-electron chi connectivity index (χ3n) is 5.18. The van der Waals surface area contributed by atoms with Crippen molar-refractivity contribution in [1.82, 2.24) is 5.32 Å². The summed E-state index contributed by atoms with van der Waals surface area (Å²) in [6, 6.07) is 13.8. The Morgan fingerprint density at radius 1 is 1.15 bits per heavy atom. The van der Waals surface area contributed by atoms with E-state index in [2.05, 4.69) is 5.32 Å². The molecule has 180 valence electrons. The largest absolute Gasteiger partial charge is 0.488 e. The van der Waals surface area contributed by atoms with E-state index < -0.39 is 21.8 Å². The number of carbonyl (C=O) groups is 1. The van der Waals surface area contributed by atoms with Gasteiger partial charge in [0.1, 0.15) is 23.5 Å². The Labute approximate surface area is 196 Å². The fraction of sp³-hybridized carbons (Fsp3) is 0.480.